The van der Waals surface area contributed by atoms with Crippen LogP contribution in [0.15, 0.2) is 42.6 Å². The maximum Gasteiger partial charge on any atom is 0.302 e. The summed E-state index contributed by atoms with van der Waals surface area (Å²) in [6.07, 6.45) is -2.70. The molecule has 3 heterocycles. The average molecular weight is 500 g/mol. The molecule has 0 bridgehead atoms. The van der Waals surface area contributed by atoms with Gasteiger partial charge in [-0.15, -0.1) is 0 Å². The minimum absolute atomic E-state index is 0.318. The molecule has 0 unspecified atom stereocenters. The average Bonchev–Trinajstić information content (AvgIpc) is 3.51. The molecule has 0 amide bonds. The first-order valence-corrected chi connectivity index (χ1v) is 11.9. The number of rotatable bonds is 8. The Morgan fingerprint density at radius 2 is 2.00 bits per heavy atom. The number of aromatic nitrogens is 1. The van der Waals surface area contributed by atoms with Crippen molar-refractivity contribution in [1.29, 1.82) is 0 Å². The van der Waals surface area contributed by atoms with Gasteiger partial charge in [0, 0.05) is 30.4 Å². The van der Waals surface area contributed by atoms with Gasteiger partial charge in [0.05, 0.1) is 6.61 Å². The van der Waals surface area contributed by atoms with Crippen molar-refractivity contribution in [3.05, 3.63) is 59.3 Å². The molecule has 2 aromatic carbocycles. The van der Waals surface area contributed by atoms with E-state index in [9.17, 15) is 20.1 Å². The van der Waals surface area contributed by atoms with E-state index in [2.05, 4.69) is 17.1 Å². The topological polar surface area (TPSA) is 140 Å². The molecule has 0 spiro atoms. The van der Waals surface area contributed by atoms with E-state index in [1.165, 1.54) is 18.1 Å². The van der Waals surface area contributed by atoms with Crippen molar-refractivity contribution < 1.29 is 44.1 Å². The smallest absolute Gasteiger partial charge is 0.302 e. The van der Waals surface area contributed by atoms with Crippen molar-refractivity contribution in [2.24, 2.45) is 0 Å². The van der Waals surface area contributed by atoms with Crippen LogP contribution in [0.4, 0.5) is 0 Å². The van der Waals surface area contributed by atoms with Crippen LogP contribution in [0.1, 0.15) is 23.6 Å². The zero-order chi connectivity index (χ0) is 25.2. The first-order chi connectivity index (χ1) is 17.4. The molecule has 5 rings (SSSR count). The third-order valence-electron chi connectivity index (χ3n) is 6.55. The SMILES string of the molecule is CC(=O)OC[C@H]1O[C@@H](O)[C@H](OOc2cccc3[nH]cc(CCc4ccc5c(c4)CCO5)c23)[C@@H](O)[C@@H]1O. The van der Waals surface area contributed by atoms with Crippen molar-refractivity contribution in [3.8, 4) is 11.5 Å². The van der Waals surface area contributed by atoms with E-state index < -0.39 is 36.7 Å². The fraction of sp³-hybridized carbons (Fsp3) is 0.423. The second kappa shape index (κ2) is 10.5. The first kappa shape index (κ1) is 24.5. The van der Waals surface area contributed by atoms with Gasteiger partial charge in [0.15, 0.2) is 18.1 Å². The Hall–Kier alpha value is -3.15. The van der Waals surface area contributed by atoms with Crippen LogP contribution in [0.25, 0.3) is 10.9 Å². The van der Waals surface area contributed by atoms with Crippen molar-refractivity contribution in [3.63, 3.8) is 0 Å². The predicted octanol–water partition coefficient (Wildman–Crippen LogP) is 1.57. The number of nitrogens with one attached hydrogen (secondary N) is 1. The molecule has 1 fully saturated rings. The molecule has 10 heteroatoms. The van der Waals surface area contributed by atoms with Gasteiger partial charge in [-0.25, -0.2) is 0 Å². The van der Waals surface area contributed by atoms with Crippen LogP contribution in [-0.2, 0) is 38.4 Å². The molecule has 2 aliphatic heterocycles. The number of benzene rings is 2. The van der Waals surface area contributed by atoms with Crippen molar-refractivity contribution in [2.75, 3.05) is 13.2 Å². The van der Waals surface area contributed by atoms with Crippen molar-refractivity contribution in [2.45, 2.75) is 56.9 Å². The van der Waals surface area contributed by atoms with Gasteiger partial charge >= 0.3 is 5.97 Å². The van der Waals surface area contributed by atoms with E-state index in [-0.39, 0.29) is 6.61 Å². The second-order valence-electron chi connectivity index (χ2n) is 9.03. The maximum atomic E-state index is 11.0. The van der Waals surface area contributed by atoms with E-state index in [1.54, 1.807) is 12.1 Å². The van der Waals surface area contributed by atoms with Gasteiger partial charge in [0.1, 0.15) is 30.7 Å². The van der Waals surface area contributed by atoms with E-state index in [0.717, 1.165) is 48.1 Å². The van der Waals surface area contributed by atoms with E-state index in [1.807, 2.05) is 18.3 Å². The first-order valence-electron chi connectivity index (χ1n) is 11.9. The van der Waals surface area contributed by atoms with Crippen LogP contribution in [0.5, 0.6) is 11.5 Å². The van der Waals surface area contributed by atoms with Crippen LogP contribution >= 0.6 is 0 Å². The lowest BCUT2D eigenvalue weighted by Gasteiger charge is -2.39. The van der Waals surface area contributed by atoms with Gasteiger partial charge in [0.2, 0.25) is 0 Å². The van der Waals surface area contributed by atoms with Gasteiger partial charge in [-0.05, 0) is 47.7 Å². The summed E-state index contributed by atoms with van der Waals surface area (Å²) in [6, 6.07) is 11.7. The number of aromatic amines is 1. The molecule has 1 aromatic heterocycles. The summed E-state index contributed by atoms with van der Waals surface area (Å²) < 4.78 is 15.7. The minimum atomic E-state index is -1.61. The number of hydrogen-bond acceptors (Lipinski definition) is 9. The quantitative estimate of drug-likeness (QED) is 0.207. The number of carbonyl (C=O) groups is 1. The van der Waals surface area contributed by atoms with Crippen LogP contribution in [0.2, 0.25) is 0 Å². The number of ether oxygens (including phenoxy) is 3. The summed E-state index contributed by atoms with van der Waals surface area (Å²) >= 11 is 0. The standard InChI is InChI=1S/C26H29NO9/c1-14(28)33-13-21-23(29)24(30)25(26(31)34-21)36-35-20-4-2-3-18-22(20)17(12-27-18)7-5-15-6-8-19-16(11-15)9-10-32-19/h2-4,6,8,11-12,21,23-27,29-31H,5,7,9-10,13H2,1H3/t21-,23-,24+,25-,26-/m1/s1. The predicted molar refractivity (Wildman–Crippen MR) is 126 cm³/mol. The van der Waals surface area contributed by atoms with Crippen LogP contribution in [0.3, 0.4) is 0 Å². The Morgan fingerprint density at radius 3 is 2.83 bits per heavy atom. The highest BCUT2D eigenvalue weighted by molar-refractivity contribution is 5.89. The van der Waals surface area contributed by atoms with E-state index in [0.29, 0.717) is 5.75 Å². The molecule has 0 aliphatic carbocycles. The molecule has 3 aromatic rings. The molecule has 0 saturated carbocycles. The lowest BCUT2D eigenvalue weighted by molar-refractivity contribution is -0.364. The monoisotopic (exact) mass is 499 g/mol. The fourth-order valence-corrected chi connectivity index (χ4v) is 4.63. The number of esters is 1. The zero-order valence-electron chi connectivity index (χ0n) is 19.8. The van der Waals surface area contributed by atoms with Gasteiger partial charge < -0.3 is 39.4 Å². The molecule has 0 radical (unpaired) electrons. The summed E-state index contributed by atoms with van der Waals surface area (Å²) in [5.74, 6) is 0.775. The number of aryl methyl sites for hydroxylation is 2. The molecule has 4 N–H and O–H groups in total. The van der Waals surface area contributed by atoms with E-state index >= 15 is 0 Å². The number of hydrogen-bond donors (Lipinski definition) is 4. The Morgan fingerprint density at radius 1 is 1.14 bits per heavy atom. The number of fused-ring (bicyclic) bond motifs is 2. The summed E-state index contributed by atoms with van der Waals surface area (Å²) in [7, 11) is 0. The highest BCUT2D eigenvalue weighted by Crippen LogP contribution is 2.32. The summed E-state index contributed by atoms with van der Waals surface area (Å²) in [5.41, 5.74) is 4.30. The van der Waals surface area contributed by atoms with Crippen LogP contribution in [0, 0.1) is 0 Å². The second-order valence-corrected chi connectivity index (χ2v) is 9.03. The molecular formula is C26H29NO9. The molecule has 192 valence electrons. The third kappa shape index (κ3) is 5.04. The lowest BCUT2D eigenvalue weighted by Crippen LogP contribution is -2.59. The molecule has 36 heavy (non-hydrogen) atoms. The summed E-state index contributed by atoms with van der Waals surface area (Å²) in [6.45, 7) is 1.61. The fourth-order valence-electron chi connectivity index (χ4n) is 4.63. The molecule has 10 nitrogen and oxygen atoms in total. The zero-order valence-corrected chi connectivity index (χ0v) is 19.8. The van der Waals surface area contributed by atoms with Gasteiger partial charge in [-0.3, -0.25) is 4.79 Å². The Labute approximate surface area is 207 Å². The molecule has 5 atom stereocenters. The van der Waals surface area contributed by atoms with E-state index in [4.69, 9.17) is 24.0 Å². The van der Waals surface area contributed by atoms with Gasteiger partial charge in [-0.1, -0.05) is 18.2 Å². The van der Waals surface area contributed by atoms with Crippen molar-refractivity contribution in [1.82, 2.24) is 4.98 Å². The van der Waals surface area contributed by atoms with Crippen LogP contribution in [-0.4, -0.2) is 70.2 Å². The Balaban J connectivity index is 1.26. The minimum Gasteiger partial charge on any atom is -0.493 e. The number of carbonyl (C=O) groups excluding carboxylic acids is 1. The Bertz CT molecular complexity index is 1230. The Kier molecular flexibility index (Phi) is 7.13. The lowest BCUT2D eigenvalue weighted by atomic mass is 9.99. The number of aliphatic hydroxyl groups is 3. The molecule has 1 saturated heterocycles. The van der Waals surface area contributed by atoms with Crippen LogP contribution < -0.4 is 9.62 Å². The number of H-pyrrole nitrogens is 1. The molecule has 2 aliphatic rings. The van der Waals surface area contributed by atoms with Gasteiger partial charge in [-0.2, -0.15) is 4.89 Å². The summed E-state index contributed by atoms with van der Waals surface area (Å²) in [5, 5.41) is 31.9. The molecular weight excluding hydrogens is 470 g/mol. The largest absolute Gasteiger partial charge is 0.493 e. The number of aliphatic hydroxyl groups excluding tert-OH is 3. The maximum absolute atomic E-state index is 11.0. The van der Waals surface area contributed by atoms with Gasteiger partial charge in [0.25, 0.3) is 0 Å². The van der Waals surface area contributed by atoms with Crippen molar-refractivity contribution >= 4 is 16.9 Å². The highest BCUT2D eigenvalue weighted by atomic mass is 17.2. The third-order valence-corrected chi connectivity index (χ3v) is 6.55. The normalized spacial score (nSPS) is 25.4. The summed E-state index contributed by atoms with van der Waals surface area (Å²) in [4.78, 5) is 25.2. The highest BCUT2D eigenvalue weighted by Gasteiger charge is 2.46.